The number of amides is 1. The molecule has 1 aromatic carbocycles. The van der Waals surface area contributed by atoms with Gasteiger partial charge in [0.1, 0.15) is 5.69 Å². The summed E-state index contributed by atoms with van der Waals surface area (Å²) in [7, 11) is 1.82. The fourth-order valence-corrected chi connectivity index (χ4v) is 2.02. The zero-order valence-electron chi connectivity index (χ0n) is 12.1. The van der Waals surface area contributed by atoms with E-state index in [2.05, 4.69) is 4.98 Å². The van der Waals surface area contributed by atoms with E-state index in [4.69, 9.17) is 5.73 Å². The van der Waals surface area contributed by atoms with Gasteiger partial charge in [0, 0.05) is 25.3 Å². The highest BCUT2D eigenvalue weighted by Gasteiger charge is 2.21. The van der Waals surface area contributed by atoms with Crippen molar-refractivity contribution in [1.82, 2.24) is 14.5 Å². The third kappa shape index (κ3) is 2.99. The number of anilines is 1. The zero-order chi connectivity index (χ0) is 14.7. The predicted molar refractivity (Wildman–Crippen MR) is 79.1 cm³/mol. The molecule has 2 aromatic rings. The number of nitrogen functional groups attached to an aromatic ring is 1. The molecule has 0 radical (unpaired) electrons. The monoisotopic (exact) mass is 272 g/mol. The number of rotatable bonds is 4. The quantitative estimate of drug-likeness (QED) is 0.866. The molecule has 5 heteroatoms. The minimum atomic E-state index is -0.0168. The Morgan fingerprint density at radius 2 is 2.00 bits per heavy atom. The van der Waals surface area contributed by atoms with Crippen molar-refractivity contribution >= 4 is 11.6 Å². The molecule has 0 spiro atoms. The normalized spacial score (nSPS) is 10.8. The fourth-order valence-electron chi connectivity index (χ4n) is 2.02. The van der Waals surface area contributed by atoms with Crippen LogP contribution in [0, 0.1) is 0 Å². The lowest BCUT2D eigenvalue weighted by Gasteiger charge is -2.27. The number of carbonyl (C=O) groups is 1. The van der Waals surface area contributed by atoms with Crippen molar-refractivity contribution in [3.63, 3.8) is 0 Å². The van der Waals surface area contributed by atoms with Crippen LogP contribution < -0.4 is 5.73 Å². The van der Waals surface area contributed by atoms with Gasteiger partial charge >= 0.3 is 0 Å². The maximum absolute atomic E-state index is 12.6. The van der Waals surface area contributed by atoms with E-state index in [0.29, 0.717) is 12.2 Å². The van der Waals surface area contributed by atoms with Gasteiger partial charge < -0.3 is 15.2 Å². The first kappa shape index (κ1) is 14.1. The predicted octanol–water partition coefficient (Wildman–Crippen LogP) is 2.05. The molecular weight excluding hydrogens is 252 g/mol. The van der Waals surface area contributed by atoms with E-state index < -0.39 is 0 Å². The van der Waals surface area contributed by atoms with Crippen LogP contribution in [0.4, 0.5) is 5.69 Å². The van der Waals surface area contributed by atoms with Crippen LogP contribution in [0.15, 0.2) is 36.8 Å². The van der Waals surface area contributed by atoms with E-state index in [9.17, 15) is 4.79 Å². The van der Waals surface area contributed by atoms with Crippen LogP contribution in [0.2, 0.25) is 0 Å². The van der Waals surface area contributed by atoms with E-state index in [1.54, 1.807) is 17.1 Å². The van der Waals surface area contributed by atoms with Gasteiger partial charge in [0.2, 0.25) is 0 Å². The molecule has 0 aliphatic heterocycles. The minimum absolute atomic E-state index is 0.0168. The molecule has 20 heavy (non-hydrogen) atoms. The highest BCUT2D eigenvalue weighted by atomic mass is 16.2. The molecule has 106 valence electrons. The van der Waals surface area contributed by atoms with Crippen molar-refractivity contribution in [3.8, 4) is 0 Å². The Morgan fingerprint density at radius 1 is 1.35 bits per heavy atom. The number of nitrogens with two attached hydrogens (primary N) is 1. The number of benzene rings is 1. The molecule has 0 aliphatic rings. The van der Waals surface area contributed by atoms with Gasteiger partial charge in [0.05, 0.1) is 12.5 Å². The lowest BCUT2D eigenvalue weighted by atomic mass is 10.1. The Morgan fingerprint density at radius 3 is 2.50 bits per heavy atom. The average molecular weight is 272 g/mol. The number of carbonyl (C=O) groups excluding carboxylic acids is 1. The second-order valence-corrected chi connectivity index (χ2v) is 5.16. The first-order chi connectivity index (χ1) is 9.49. The van der Waals surface area contributed by atoms with Gasteiger partial charge in [-0.3, -0.25) is 4.79 Å². The second-order valence-electron chi connectivity index (χ2n) is 5.16. The Labute approximate surface area is 119 Å². The molecule has 0 aliphatic carbocycles. The van der Waals surface area contributed by atoms with Crippen molar-refractivity contribution in [1.29, 1.82) is 0 Å². The summed E-state index contributed by atoms with van der Waals surface area (Å²) in [5.41, 5.74) is 8.06. The molecule has 0 unspecified atom stereocenters. The van der Waals surface area contributed by atoms with Gasteiger partial charge in [0.15, 0.2) is 0 Å². The molecule has 0 bridgehead atoms. The molecule has 1 amide bonds. The number of aromatic nitrogens is 2. The first-order valence-corrected chi connectivity index (χ1v) is 6.60. The lowest BCUT2D eigenvalue weighted by molar-refractivity contribution is 0.0680. The summed E-state index contributed by atoms with van der Waals surface area (Å²) in [5.74, 6) is -0.0168. The minimum Gasteiger partial charge on any atom is -0.399 e. The number of imidazole rings is 1. The van der Waals surface area contributed by atoms with Gasteiger partial charge in [-0.25, -0.2) is 4.98 Å². The van der Waals surface area contributed by atoms with Gasteiger partial charge in [-0.05, 0) is 31.5 Å². The van der Waals surface area contributed by atoms with Crippen molar-refractivity contribution in [3.05, 3.63) is 48.0 Å². The lowest BCUT2D eigenvalue weighted by Crippen LogP contribution is -2.37. The highest BCUT2D eigenvalue weighted by Crippen LogP contribution is 2.14. The molecule has 2 rings (SSSR count). The number of nitrogens with zero attached hydrogens (tertiary/aromatic N) is 3. The largest absolute Gasteiger partial charge is 0.399 e. The maximum Gasteiger partial charge on any atom is 0.272 e. The van der Waals surface area contributed by atoms with E-state index in [1.165, 1.54) is 0 Å². The molecule has 0 saturated heterocycles. The van der Waals surface area contributed by atoms with E-state index in [1.807, 2.05) is 50.1 Å². The van der Waals surface area contributed by atoms with Crippen molar-refractivity contribution in [2.45, 2.75) is 26.4 Å². The summed E-state index contributed by atoms with van der Waals surface area (Å²) < 4.78 is 1.74. The Balaban J connectivity index is 2.21. The summed E-state index contributed by atoms with van der Waals surface area (Å²) in [6.45, 7) is 4.57. The van der Waals surface area contributed by atoms with Gasteiger partial charge in [-0.15, -0.1) is 0 Å². The molecule has 0 fully saturated rings. The van der Waals surface area contributed by atoms with Crippen LogP contribution in [0.25, 0.3) is 0 Å². The topological polar surface area (TPSA) is 64.2 Å². The third-order valence-corrected chi connectivity index (χ3v) is 3.25. The summed E-state index contributed by atoms with van der Waals surface area (Å²) in [6.07, 6.45) is 3.23. The summed E-state index contributed by atoms with van der Waals surface area (Å²) >= 11 is 0. The second kappa shape index (κ2) is 5.77. The molecule has 1 heterocycles. The van der Waals surface area contributed by atoms with Crippen molar-refractivity contribution in [2.24, 2.45) is 7.05 Å². The van der Waals surface area contributed by atoms with E-state index in [-0.39, 0.29) is 11.9 Å². The van der Waals surface area contributed by atoms with Crippen LogP contribution in [0.1, 0.15) is 29.9 Å². The highest BCUT2D eigenvalue weighted by molar-refractivity contribution is 5.92. The number of aryl methyl sites for hydroxylation is 1. The fraction of sp³-hybridized carbons (Fsp3) is 0.333. The smallest absolute Gasteiger partial charge is 0.272 e. The molecule has 0 saturated carbocycles. The van der Waals surface area contributed by atoms with Crippen LogP contribution in [0.5, 0.6) is 0 Å². The summed E-state index contributed by atoms with van der Waals surface area (Å²) in [4.78, 5) is 18.4. The Bertz CT molecular complexity index is 586. The van der Waals surface area contributed by atoms with Crippen LogP contribution >= 0.6 is 0 Å². The van der Waals surface area contributed by atoms with E-state index in [0.717, 1.165) is 11.3 Å². The Kier molecular flexibility index (Phi) is 4.08. The van der Waals surface area contributed by atoms with Gasteiger partial charge in [-0.2, -0.15) is 0 Å². The number of hydrogen-bond donors (Lipinski definition) is 1. The zero-order valence-corrected chi connectivity index (χ0v) is 12.1. The SMILES string of the molecule is CC(C)N(Cc1ccc(N)cc1)C(=O)c1cncn1C. The molecule has 1 aromatic heterocycles. The first-order valence-electron chi connectivity index (χ1n) is 6.60. The van der Waals surface area contributed by atoms with Crippen LogP contribution in [-0.4, -0.2) is 26.4 Å². The van der Waals surface area contributed by atoms with Crippen LogP contribution in [0.3, 0.4) is 0 Å². The summed E-state index contributed by atoms with van der Waals surface area (Å²) in [5, 5.41) is 0. The summed E-state index contributed by atoms with van der Waals surface area (Å²) in [6, 6.07) is 7.70. The van der Waals surface area contributed by atoms with Crippen molar-refractivity contribution in [2.75, 3.05) is 5.73 Å². The third-order valence-electron chi connectivity index (χ3n) is 3.25. The molecule has 2 N–H and O–H groups in total. The standard InChI is InChI=1S/C15H20N4O/c1-11(2)19(9-12-4-6-13(16)7-5-12)15(20)14-8-17-10-18(14)3/h4-8,10-11H,9,16H2,1-3H3. The van der Waals surface area contributed by atoms with Gasteiger partial charge in [0.25, 0.3) is 5.91 Å². The number of hydrogen-bond acceptors (Lipinski definition) is 3. The average Bonchev–Trinajstić information content (AvgIpc) is 2.83. The van der Waals surface area contributed by atoms with Gasteiger partial charge in [-0.1, -0.05) is 12.1 Å². The molecular formula is C15H20N4O. The maximum atomic E-state index is 12.6. The molecule has 0 atom stereocenters. The van der Waals surface area contributed by atoms with E-state index >= 15 is 0 Å². The molecule has 5 nitrogen and oxygen atoms in total. The van der Waals surface area contributed by atoms with Crippen LogP contribution in [-0.2, 0) is 13.6 Å². The Hall–Kier alpha value is -2.30. The van der Waals surface area contributed by atoms with Crippen molar-refractivity contribution < 1.29 is 4.79 Å².